The van der Waals surface area contributed by atoms with E-state index in [4.69, 9.17) is 20.9 Å². The normalized spacial score (nSPS) is 19.9. The first kappa shape index (κ1) is 17.8. The highest BCUT2D eigenvalue weighted by Crippen LogP contribution is 2.31. The van der Waals surface area contributed by atoms with Crippen molar-refractivity contribution < 1.29 is 14.1 Å². The summed E-state index contributed by atoms with van der Waals surface area (Å²) in [6.07, 6.45) is -0.264. The standard InChI is InChI=1S/C21H19ClN2O3/c1-14-13-26-20(16-9-5-6-10-17(16)22)12-24(14)21(25)18-11-19(27-23-18)15-7-3-2-4-8-15/h2-11,14,20H,12-13H2,1H3. The highest BCUT2D eigenvalue weighted by molar-refractivity contribution is 6.31. The third-order valence-electron chi connectivity index (χ3n) is 4.73. The number of ether oxygens (including phenoxy) is 1. The van der Waals surface area contributed by atoms with Crippen molar-refractivity contribution in [1.82, 2.24) is 10.1 Å². The lowest BCUT2D eigenvalue weighted by molar-refractivity contribution is -0.0489. The number of aromatic nitrogens is 1. The second-order valence-corrected chi connectivity index (χ2v) is 7.00. The molecule has 1 aliphatic rings. The predicted octanol–water partition coefficient (Wildman–Crippen LogP) is 4.60. The Kier molecular flexibility index (Phi) is 4.97. The number of carbonyl (C=O) groups is 1. The van der Waals surface area contributed by atoms with Crippen LogP contribution in [0.2, 0.25) is 5.02 Å². The van der Waals surface area contributed by atoms with Gasteiger partial charge in [0.15, 0.2) is 11.5 Å². The smallest absolute Gasteiger partial charge is 0.276 e. The second-order valence-electron chi connectivity index (χ2n) is 6.59. The van der Waals surface area contributed by atoms with Gasteiger partial charge in [-0.25, -0.2) is 0 Å². The van der Waals surface area contributed by atoms with E-state index in [2.05, 4.69) is 5.16 Å². The largest absolute Gasteiger partial charge is 0.369 e. The van der Waals surface area contributed by atoms with Gasteiger partial charge in [0.2, 0.25) is 0 Å². The average molecular weight is 383 g/mol. The molecule has 1 fully saturated rings. The molecule has 2 aromatic carbocycles. The van der Waals surface area contributed by atoms with Gasteiger partial charge in [0.1, 0.15) is 6.10 Å². The summed E-state index contributed by atoms with van der Waals surface area (Å²) in [6, 6.07) is 18.8. The maximum absolute atomic E-state index is 13.0. The zero-order valence-electron chi connectivity index (χ0n) is 14.8. The Labute approximate surface area is 162 Å². The van der Waals surface area contributed by atoms with Crippen molar-refractivity contribution in [2.24, 2.45) is 0 Å². The fourth-order valence-corrected chi connectivity index (χ4v) is 3.48. The summed E-state index contributed by atoms with van der Waals surface area (Å²) >= 11 is 6.30. The van der Waals surface area contributed by atoms with E-state index in [1.54, 1.807) is 11.0 Å². The molecular weight excluding hydrogens is 364 g/mol. The highest BCUT2D eigenvalue weighted by Gasteiger charge is 2.33. The lowest BCUT2D eigenvalue weighted by Crippen LogP contribution is -2.48. The monoisotopic (exact) mass is 382 g/mol. The fourth-order valence-electron chi connectivity index (χ4n) is 3.23. The van der Waals surface area contributed by atoms with Crippen LogP contribution in [-0.4, -0.2) is 35.2 Å². The summed E-state index contributed by atoms with van der Waals surface area (Å²) in [5.74, 6) is 0.399. The quantitative estimate of drug-likeness (QED) is 0.664. The molecule has 3 aromatic rings. The Hall–Kier alpha value is -2.63. The lowest BCUT2D eigenvalue weighted by Gasteiger charge is -2.38. The van der Waals surface area contributed by atoms with E-state index >= 15 is 0 Å². The van der Waals surface area contributed by atoms with Gasteiger partial charge in [0.25, 0.3) is 5.91 Å². The zero-order chi connectivity index (χ0) is 18.8. The van der Waals surface area contributed by atoms with Crippen LogP contribution >= 0.6 is 11.6 Å². The van der Waals surface area contributed by atoms with Gasteiger partial charge in [-0.05, 0) is 13.0 Å². The first-order chi connectivity index (χ1) is 13.1. The Morgan fingerprint density at radius 2 is 1.89 bits per heavy atom. The van der Waals surface area contributed by atoms with Gasteiger partial charge in [-0.2, -0.15) is 0 Å². The van der Waals surface area contributed by atoms with Gasteiger partial charge >= 0.3 is 0 Å². The number of hydrogen-bond acceptors (Lipinski definition) is 4. The number of nitrogens with zero attached hydrogens (tertiary/aromatic N) is 2. The van der Waals surface area contributed by atoms with Crippen LogP contribution in [0.25, 0.3) is 11.3 Å². The first-order valence-corrected chi connectivity index (χ1v) is 9.20. The van der Waals surface area contributed by atoms with Crippen molar-refractivity contribution in [2.45, 2.75) is 19.1 Å². The Balaban J connectivity index is 1.55. The van der Waals surface area contributed by atoms with Gasteiger partial charge < -0.3 is 14.2 Å². The summed E-state index contributed by atoms with van der Waals surface area (Å²) in [4.78, 5) is 14.8. The van der Waals surface area contributed by atoms with Crippen LogP contribution in [0.5, 0.6) is 0 Å². The van der Waals surface area contributed by atoms with Crippen LogP contribution in [0.15, 0.2) is 65.2 Å². The molecule has 0 N–H and O–H groups in total. The van der Waals surface area contributed by atoms with Gasteiger partial charge in [0, 0.05) is 22.2 Å². The number of hydrogen-bond donors (Lipinski definition) is 0. The Morgan fingerprint density at radius 3 is 2.67 bits per heavy atom. The minimum Gasteiger partial charge on any atom is -0.369 e. The molecule has 1 saturated heterocycles. The molecule has 1 aliphatic heterocycles. The third-order valence-corrected chi connectivity index (χ3v) is 5.08. The van der Waals surface area contributed by atoms with E-state index in [0.29, 0.717) is 29.6 Å². The lowest BCUT2D eigenvalue weighted by atomic mass is 10.1. The van der Waals surface area contributed by atoms with Crippen LogP contribution < -0.4 is 0 Å². The third kappa shape index (κ3) is 3.61. The fraction of sp³-hybridized carbons (Fsp3) is 0.238. The van der Waals surface area contributed by atoms with E-state index in [1.807, 2.05) is 61.5 Å². The van der Waals surface area contributed by atoms with E-state index < -0.39 is 0 Å². The maximum Gasteiger partial charge on any atom is 0.276 e. The molecule has 1 aromatic heterocycles. The SMILES string of the molecule is CC1COC(c2ccccc2Cl)CN1C(=O)c1cc(-c2ccccc2)on1. The summed E-state index contributed by atoms with van der Waals surface area (Å²) in [6.45, 7) is 2.81. The van der Waals surface area contributed by atoms with Crippen LogP contribution in [0.3, 0.4) is 0 Å². The van der Waals surface area contributed by atoms with Crippen molar-refractivity contribution in [2.75, 3.05) is 13.2 Å². The van der Waals surface area contributed by atoms with Crippen molar-refractivity contribution in [1.29, 1.82) is 0 Å². The summed E-state index contributed by atoms with van der Waals surface area (Å²) in [7, 11) is 0. The molecule has 0 radical (unpaired) electrons. The Morgan fingerprint density at radius 1 is 1.15 bits per heavy atom. The topological polar surface area (TPSA) is 55.6 Å². The van der Waals surface area contributed by atoms with Crippen molar-refractivity contribution >= 4 is 17.5 Å². The number of morpholine rings is 1. The molecule has 0 spiro atoms. The van der Waals surface area contributed by atoms with Crippen molar-refractivity contribution in [3.05, 3.63) is 76.9 Å². The van der Waals surface area contributed by atoms with Crippen molar-refractivity contribution in [3.8, 4) is 11.3 Å². The van der Waals surface area contributed by atoms with Crippen molar-refractivity contribution in [3.63, 3.8) is 0 Å². The number of carbonyl (C=O) groups excluding carboxylic acids is 1. The number of rotatable bonds is 3. The van der Waals surface area contributed by atoms with E-state index in [0.717, 1.165) is 11.1 Å². The highest BCUT2D eigenvalue weighted by atomic mass is 35.5. The molecule has 6 heteroatoms. The predicted molar refractivity (Wildman–Crippen MR) is 103 cm³/mol. The van der Waals surface area contributed by atoms with E-state index in [1.165, 1.54) is 0 Å². The Bertz CT molecular complexity index is 941. The van der Waals surface area contributed by atoms with Gasteiger partial charge in [-0.3, -0.25) is 4.79 Å². The maximum atomic E-state index is 13.0. The van der Waals surface area contributed by atoms with Crippen LogP contribution in [0, 0.1) is 0 Å². The molecule has 2 unspecified atom stereocenters. The zero-order valence-corrected chi connectivity index (χ0v) is 15.6. The molecule has 1 amide bonds. The molecule has 4 rings (SSSR count). The molecule has 5 nitrogen and oxygen atoms in total. The molecule has 0 bridgehead atoms. The molecule has 2 atom stereocenters. The van der Waals surface area contributed by atoms with Crippen LogP contribution in [-0.2, 0) is 4.74 Å². The summed E-state index contributed by atoms with van der Waals surface area (Å²) in [5, 5.41) is 4.62. The van der Waals surface area contributed by atoms with Gasteiger partial charge in [0.05, 0.1) is 19.2 Å². The van der Waals surface area contributed by atoms with Gasteiger partial charge in [-0.1, -0.05) is 65.3 Å². The average Bonchev–Trinajstić information content (AvgIpc) is 3.19. The van der Waals surface area contributed by atoms with Crippen LogP contribution in [0.1, 0.15) is 29.1 Å². The molecule has 27 heavy (non-hydrogen) atoms. The van der Waals surface area contributed by atoms with E-state index in [-0.39, 0.29) is 18.1 Å². The minimum absolute atomic E-state index is 0.0619. The number of amides is 1. The molecular formula is C21H19ClN2O3. The molecule has 138 valence electrons. The first-order valence-electron chi connectivity index (χ1n) is 8.82. The van der Waals surface area contributed by atoms with E-state index in [9.17, 15) is 4.79 Å². The summed E-state index contributed by atoms with van der Waals surface area (Å²) in [5.41, 5.74) is 2.06. The minimum atomic E-state index is -0.264. The van der Waals surface area contributed by atoms with Gasteiger partial charge in [-0.15, -0.1) is 0 Å². The summed E-state index contributed by atoms with van der Waals surface area (Å²) < 4.78 is 11.3. The van der Waals surface area contributed by atoms with Crippen LogP contribution in [0.4, 0.5) is 0 Å². The molecule has 2 heterocycles. The second kappa shape index (κ2) is 7.55. The molecule has 0 saturated carbocycles. The number of halogens is 1. The number of benzene rings is 2. The molecule has 0 aliphatic carbocycles.